The minimum Gasteiger partial charge on any atom is -0.480 e. The predicted octanol–water partition coefficient (Wildman–Crippen LogP) is 2.46. The molecule has 0 spiro atoms. The Morgan fingerprint density at radius 3 is 2.86 bits per heavy atom. The molecule has 14 heavy (non-hydrogen) atoms. The predicted molar refractivity (Wildman–Crippen MR) is 57.1 cm³/mol. The number of carboxylic acid groups (broad SMARTS) is 1. The van der Waals surface area contributed by atoms with Crippen LogP contribution in [-0.4, -0.2) is 21.6 Å². The molecule has 0 saturated heterocycles. The molecule has 1 atom stereocenters. The van der Waals surface area contributed by atoms with Gasteiger partial charge in [0.25, 0.3) is 0 Å². The first-order chi connectivity index (χ1) is 6.48. The largest absolute Gasteiger partial charge is 0.480 e. The van der Waals surface area contributed by atoms with E-state index in [9.17, 15) is 4.79 Å². The summed E-state index contributed by atoms with van der Waals surface area (Å²) in [6, 6.07) is 0. The summed E-state index contributed by atoms with van der Waals surface area (Å²) >= 11 is 6.92. The lowest BCUT2D eigenvalue weighted by Gasteiger charge is -2.23. The van der Waals surface area contributed by atoms with Gasteiger partial charge in [0.05, 0.1) is 0 Å². The number of anilines is 1. The fourth-order valence-corrected chi connectivity index (χ4v) is 1.81. The molecule has 4 nitrogen and oxygen atoms in total. The van der Waals surface area contributed by atoms with Crippen molar-refractivity contribution in [3.05, 3.63) is 10.5 Å². The number of carbonyl (C=O) groups is 1. The van der Waals surface area contributed by atoms with Gasteiger partial charge in [-0.15, -0.1) is 11.3 Å². The van der Waals surface area contributed by atoms with Gasteiger partial charge in [-0.1, -0.05) is 18.5 Å². The summed E-state index contributed by atoms with van der Waals surface area (Å²) in [6.45, 7) is 3.42. The van der Waals surface area contributed by atoms with Crippen molar-refractivity contribution in [1.29, 1.82) is 0 Å². The van der Waals surface area contributed by atoms with Gasteiger partial charge in [0.2, 0.25) is 0 Å². The van der Waals surface area contributed by atoms with E-state index in [-0.39, 0.29) is 0 Å². The molecule has 1 unspecified atom stereocenters. The number of hydrogen-bond acceptors (Lipinski definition) is 4. The maximum atomic E-state index is 10.9. The summed E-state index contributed by atoms with van der Waals surface area (Å²) in [6.07, 6.45) is 0.472. The molecule has 0 radical (unpaired) electrons. The lowest BCUT2D eigenvalue weighted by Crippen LogP contribution is -2.42. The minimum absolute atomic E-state index is 0.376. The van der Waals surface area contributed by atoms with Gasteiger partial charge in [0.15, 0.2) is 5.13 Å². The molecule has 1 aromatic heterocycles. The van der Waals surface area contributed by atoms with Gasteiger partial charge < -0.3 is 10.4 Å². The van der Waals surface area contributed by atoms with Crippen LogP contribution in [0.15, 0.2) is 5.38 Å². The Labute approximate surface area is 90.9 Å². The number of thiazole rings is 1. The second-order valence-electron chi connectivity index (χ2n) is 3.09. The number of carboxylic acids is 1. The van der Waals surface area contributed by atoms with E-state index in [1.54, 1.807) is 19.2 Å². The highest BCUT2D eigenvalue weighted by atomic mass is 35.5. The first-order valence-electron chi connectivity index (χ1n) is 4.10. The Hall–Kier alpha value is -0.810. The van der Waals surface area contributed by atoms with Crippen LogP contribution in [0.3, 0.4) is 0 Å². The van der Waals surface area contributed by atoms with E-state index in [2.05, 4.69) is 10.3 Å². The minimum atomic E-state index is -0.985. The van der Waals surface area contributed by atoms with Gasteiger partial charge in [-0.2, -0.15) is 0 Å². The lowest BCUT2D eigenvalue weighted by atomic mass is 10.00. The second kappa shape index (κ2) is 4.14. The maximum absolute atomic E-state index is 10.9. The molecule has 6 heteroatoms. The van der Waals surface area contributed by atoms with Crippen LogP contribution < -0.4 is 5.32 Å². The van der Waals surface area contributed by atoms with E-state index < -0.39 is 11.5 Å². The highest BCUT2D eigenvalue weighted by molar-refractivity contribution is 7.14. The first kappa shape index (κ1) is 11.3. The van der Waals surface area contributed by atoms with Crippen molar-refractivity contribution in [3.63, 3.8) is 0 Å². The standard InChI is InChI=1S/C8H11ClN2O2S/c1-3-8(2,6(12)13)11-7-10-5(9)4-14-7/h4H,3H2,1-2H3,(H,10,11)(H,12,13). The van der Waals surface area contributed by atoms with Crippen molar-refractivity contribution in [2.45, 2.75) is 25.8 Å². The van der Waals surface area contributed by atoms with Gasteiger partial charge >= 0.3 is 5.97 Å². The molecule has 0 aliphatic rings. The molecule has 0 aromatic carbocycles. The molecule has 0 bridgehead atoms. The van der Waals surface area contributed by atoms with E-state index >= 15 is 0 Å². The molecule has 0 aliphatic heterocycles. The van der Waals surface area contributed by atoms with Crippen molar-refractivity contribution in [2.24, 2.45) is 0 Å². The highest BCUT2D eigenvalue weighted by Crippen LogP contribution is 2.24. The maximum Gasteiger partial charge on any atom is 0.329 e. The summed E-state index contributed by atoms with van der Waals surface area (Å²) in [5.41, 5.74) is -0.985. The van der Waals surface area contributed by atoms with Crippen LogP contribution in [0.5, 0.6) is 0 Å². The monoisotopic (exact) mass is 234 g/mol. The van der Waals surface area contributed by atoms with Crippen LogP contribution in [0.25, 0.3) is 0 Å². The van der Waals surface area contributed by atoms with Crippen molar-refractivity contribution in [2.75, 3.05) is 5.32 Å². The second-order valence-corrected chi connectivity index (χ2v) is 4.34. The quantitative estimate of drug-likeness (QED) is 0.840. The van der Waals surface area contributed by atoms with Crippen molar-refractivity contribution in [3.8, 4) is 0 Å². The Bertz CT molecular complexity index is 342. The van der Waals surface area contributed by atoms with Gasteiger partial charge in [-0.25, -0.2) is 9.78 Å². The molecule has 78 valence electrons. The summed E-state index contributed by atoms with van der Waals surface area (Å²) in [7, 11) is 0. The Morgan fingerprint density at radius 1 is 1.86 bits per heavy atom. The van der Waals surface area contributed by atoms with Gasteiger partial charge in [0.1, 0.15) is 10.7 Å². The molecule has 1 aromatic rings. The average molecular weight is 235 g/mol. The van der Waals surface area contributed by atoms with Crippen LogP contribution in [0.4, 0.5) is 5.13 Å². The zero-order chi connectivity index (χ0) is 10.8. The Kier molecular flexibility index (Phi) is 3.34. The van der Waals surface area contributed by atoms with E-state index in [4.69, 9.17) is 16.7 Å². The van der Waals surface area contributed by atoms with Crippen LogP contribution in [-0.2, 0) is 4.79 Å². The number of rotatable bonds is 4. The smallest absolute Gasteiger partial charge is 0.329 e. The fourth-order valence-electron chi connectivity index (χ4n) is 0.841. The third-order valence-electron chi connectivity index (χ3n) is 2.04. The van der Waals surface area contributed by atoms with E-state index in [0.29, 0.717) is 16.7 Å². The Balaban J connectivity index is 2.80. The summed E-state index contributed by atoms with van der Waals surface area (Å²) in [5.74, 6) is -0.897. The summed E-state index contributed by atoms with van der Waals surface area (Å²) < 4.78 is 0. The fraction of sp³-hybridized carbons (Fsp3) is 0.500. The summed E-state index contributed by atoms with van der Waals surface area (Å²) in [5, 5.41) is 14.4. The van der Waals surface area contributed by atoms with Gasteiger partial charge in [0, 0.05) is 5.38 Å². The van der Waals surface area contributed by atoms with Gasteiger partial charge in [-0.05, 0) is 13.3 Å². The van der Waals surface area contributed by atoms with E-state index in [0.717, 1.165) is 0 Å². The average Bonchev–Trinajstić information content (AvgIpc) is 2.50. The van der Waals surface area contributed by atoms with Crippen molar-refractivity contribution < 1.29 is 9.90 Å². The number of nitrogens with zero attached hydrogens (tertiary/aromatic N) is 1. The molecule has 1 heterocycles. The van der Waals surface area contributed by atoms with Crippen LogP contribution in [0.2, 0.25) is 5.15 Å². The molecule has 1 rings (SSSR count). The Morgan fingerprint density at radius 2 is 2.50 bits per heavy atom. The van der Waals surface area contributed by atoms with Crippen molar-refractivity contribution in [1.82, 2.24) is 4.98 Å². The van der Waals surface area contributed by atoms with Crippen LogP contribution in [0, 0.1) is 0 Å². The molecular formula is C8H11ClN2O2S. The number of halogens is 1. The number of aliphatic carboxylic acids is 1. The highest BCUT2D eigenvalue weighted by Gasteiger charge is 2.31. The van der Waals surface area contributed by atoms with Crippen LogP contribution in [0.1, 0.15) is 20.3 Å². The summed E-state index contributed by atoms with van der Waals surface area (Å²) in [4.78, 5) is 14.9. The number of aromatic nitrogens is 1. The zero-order valence-corrected chi connectivity index (χ0v) is 9.45. The topological polar surface area (TPSA) is 62.2 Å². The molecule has 0 fully saturated rings. The molecular weight excluding hydrogens is 224 g/mol. The van der Waals surface area contributed by atoms with Crippen molar-refractivity contribution >= 4 is 34.0 Å². The third-order valence-corrected chi connectivity index (χ3v) is 3.12. The molecule has 0 saturated carbocycles. The van der Waals surface area contributed by atoms with E-state index in [1.807, 2.05) is 0 Å². The number of nitrogens with one attached hydrogen (secondary N) is 1. The normalized spacial score (nSPS) is 14.8. The third kappa shape index (κ3) is 2.36. The van der Waals surface area contributed by atoms with Gasteiger partial charge in [-0.3, -0.25) is 0 Å². The molecule has 0 aliphatic carbocycles. The molecule has 0 amide bonds. The molecule has 2 N–H and O–H groups in total. The lowest BCUT2D eigenvalue weighted by molar-refractivity contribution is -0.141. The SMILES string of the molecule is CCC(C)(Nc1nc(Cl)cs1)C(=O)O. The zero-order valence-electron chi connectivity index (χ0n) is 7.87. The first-order valence-corrected chi connectivity index (χ1v) is 5.36. The number of hydrogen-bond donors (Lipinski definition) is 2. The van der Waals surface area contributed by atoms with E-state index in [1.165, 1.54) is 11.3 Å². The van der Waals surface area contributed by atoms with Crippen LogP contribution >= 0.6 is 22.9 Å².